The first-order chi connectivity index (χ1) is 10.1. The van der Waals surface area contributed by atoms with Crippen LogP contribution < -0.4 is 4.90 Å². The van der Waals surface area contributed by atoms with Crippen LogP contribution in [0.5, 0.6) is 0 Å². The van der Waals surface area contributed by atoms with Gasteiger partial charge in [0, 0.05) is 29.0 Å². The highest BCUT2D eigenvalue weighted by Crippen LogP contribution is 2.35. The molecule has 0 aromatic heterocycles. The molecule has 0 amide bonds. The highest BCUT2D eigenvalue weighted by molar-refractivity contribution is 5.98. The number of carboxylic acids is 1. The summed E-state index contributed by atoms with van der Waals surface area (Å²) in [4.78, 5) is 13.4. The fourth-order valence-corrected chi connectivity index (χ4v) is 3.24. The summed E-state index contributed by atoms with van der Waals surface area (Å²) in [5, 5.41) is 20.4. The second-order valence-corrected chi connectivity index (χ2v) is 5.46. The van der Waals surface area contributed by atoms with Crippen molar-refractivity contribution in [1.29, 1.82) is 5.26 Å². The normalized spacial score (nSPS) is 21.4. The Morgan fingerprint density at radius 1 is 1.29 bits per heavy atom. The first-order valence-corrected chi connectivity index (χ1v) is 7.05. The minimum Gasteiger partial charge on any atom is -0.481 e. The van der Waals surface area contributed by atoms with Gasteiger partial charge in [0.25, 0.3) is 0 Å². The van der Waals surface area contributed by atoms with Gasteiger partial charge in [-0.2, -0.15) is 5.26 Å². The van der Waals surface area contributed by atoms with Gasteiger partial charge in [-0.25, -0.2) is 0 Å². The number of nitrogens with zero attached hydrogens (tertiary/aromatic N) is 2. The highest BCUT2D eigenvalue weighted by atomic mass is 16.4. The summed E-state index contributed by atoms with van der Waals surface area (Å²) in [5.74, 6) is -1.07. The molecule has 0 saturated carbocycles. The predicted molar refractivity (Wildman–Crippen MR) is 81.2 cm³/mol. The van der Waals surface area contributed by atoms with Crippen LogP contribution >= 0.6 is 0 Å². The van der Waals surface area contributed by atoms with Gasteiger partial charge in [-0.05, 0) is 25.5 Å². The second-order valence-electron chi connectivity index (χ2n) is 5.46. The molecule has 0 aliphatic carbocycles. The summed E-state index contributed by atoms with van der Waals surface area (Å²) in [5.41, 5.74) is 1.66. The Morgan fingerprint density at radius 2 is 2.00 bits per heavy atom. The number of carbonyl (C=O) groups is 1. The number of hydrogen-bond acceptors (Lipinski definition) is 3. The van der Waals surface area contributed by atoms with E-state index in [0.29, 0.717) is 12.0 Å². The lowest BCUT2D eigenvalue weighted by Gasteiger charge is -2.27. The van der Waals surface area contributed by atoms with Gasteiger partial charge in [0.05, 0.1) is 17.6 Å². The van der Waals surface area contributed by atoms with Crippen LogP contribution in [-0.2, 0) is 4.79 Å². The number of rotatable bonds is 2. The Kier molecular flexibility index (Phi) is 3.26. The monoisotopic (exact) mass is 280 g/mol. The standard InChI is InChI=1S/C17H16N2O2/c1-11-13(17(20)21)8-9-19(11)16-7-6-12(10-18)14-4-2-3-5-15(14)16/h2-7,11,13H,8-9H2,1H3,(H,20,21). The molecule has 2 atom stereocenters. The van der Waals surface area contributed by atoms with Crippen molar-refractivity contribution in [3.8, 4) is 6.07 Å². The molecule has 1 fully saturated rings. The van der Waals surface area contributed by atoms with E-state index in [-0.39, 0.29) is 12.0 Å². The summed E-state index contributed by atoms with van der Waals surface area (Å²) in [6, 6.07) is 13.7. The van der Waals surface area contributed by atoms with Crippen molar-refractivity contribution in [1.82, 2.24) is 0 Å². The van der Waals surface area contributed by atoms with Crippen molar-refractivity contribution in [2.24, 2.45) is 5.92 Å². The quantitative estimate of drug-likeness (QED) is 0.918. The summed E-state index contributed by atoms with van der Waals surface area (Å²) < 4.78 is 0. The zero-order valence-electron chi connectivity index (χ0n) is 11.8. The van der Waals surface area contributed by atoms with E-state index < -0.39 is 5.97 Å². The van der Waals surface area contributed by atoms with E-state index in [1.165, 1.54) is 0 Å². The zero-order chi connectivity index (χ0) is 15.0. The maximum absolute atomic E-state index is 11.3. The average molecular weight is 280 g/mol. The number of aliphatic carboxylic acids is 1. The molecular formula is C17H16N2O2. The third-order valence-corrected chi connectivity index (χ3v) is 4.40. The number of fused-ring (bicyclic) bond motifs is 1. The Bertz CT molecular complexity index is 748. The summed E-state index contributed by atoms with van der Waals surface area (Å²) >= 11 is 0. The van der Waals surface area contributed by atoms with Gasteiger partial charge < -0.3 is 10.0 Å². The van der Waals surface area contributed by atoms with Crippen LogP contribution in [0, 0.1) is 17.2 Å². The van der Waals surface area contributed by atoms with E-state index in [1.54, 1.807) is 0 Å². The van der Waals surface area contributed by atoms with Crippen molar-refractivity contribution < 1.29 is 9.90 Å². The van der Waals surface area contributed by atoms with E-state index in [4.69, 9.17) is 0 Å². The lowest BCUT2D eigenvalue weighted by Crippen LogP contribution is -2.33. The molecule has 1 N–H and O–H groups in total. The van der Waals surface area contributed by atoms with Crippen LogP contribution in [0.1, 0.15) is 18.9 Å². The van der Waals surface area contributed by atoms with Gasteiger partial charge in [-0.1, -0.05) is 24.3 Å². The van der Waals surface area contributed by atoms with Crippen LogP contribution in [0.25, 0.3) is 10.8 Å². The molecule has 0 spiro atoms. The SMILES string of the molecule is CC1C(C(=O)O)CCN1c1ccc(C#N)c2ccccc12. The van der Waals surface area contributed by atoms with Crippen LogP contribution in [0.2, 0.25) is 0 Å². The fraction of sp³-hybridized carbons (Fsp3) is 0.294. The number of anilines is 1. The molecule has 4 heteroatoms. The van der Waals surface area contributed by atoms with Gasteiger partial charge in [0.1, 0.15) is 0 Å². The lowest BCUT2D eigenvalue weighted by atomic mass is 10.0. The van der Waals surface area contributed by atoms with Crippen molar-refractivity contribution >= 4 is 22.4 Å². The molecule has 1 aliphatic heterocycles. The first-order valence-electron chi connectivity index (χ1n) is 7.05. The molecule has 0 radical (unpaired) electrons. The Balaban J connectivity index is 2.11. The molecule has 1 saturated heterocycles. The highest BCUT2D eigenvalue weighted by Gasteiger charge is 2.36. The van der Waals surface area contributed by atoms with E-state index in [2.05, 4.69) is 11.0 Å². The smallest absolute Gasteiger partial charge is 0.308 e. The van der Waals surface area contributed by atoms with Crippen LogP contribution in [-0.4, -0.2) is 23.7 Å². The van der Waals surface area contributed by atoms with Gasteiger partial charge >= 0.3 is 5.97 Å². The molecule has 1 aliphatic rings. The van der Waals surface area contributed by atoms with Crippen molar-refractivity contribution in [2.45, 2.75) is 19.4 Å². The average Bonchev–Trinajstić information content (AvgIpc) is 2.88. The van der Waals surface area contributed by atoms with Crippen molar-refractivity contribution in [2.75, 3.05) is 11.4 Å². The van der Waals surface area contributed by atoms with Gasteiger partial charge in [-0.3, -0.25) is 4.79 Å². The number of hydrogen-bond donors (Lipinski definition) is 1. The van der Waals surface area contributed by atoms with Gasteiger partial charge in [0.15, 0.2) is 0 Å². The molecule has 21 heavy (non-hydrogen) atoms. The molecule has 106 valence electrons. The lowest BCUT2D eigenvalue weighted by molar-refractivity contribution is -0.141. The first kappa shape index (κ1) is 13.4. The topological polar surface area (TPSA) is 64.3 Å². The van der Waals surface area contributed by atoms with E-state index in [1.807, 2.05) is 43.3 Å². The number of carboxylic acid groups (broad SMARTS) is 1. The number of nitriles is 1. The predicted octanol–water partition coefficient (Wildman–Crippen LogP) is 3.01. The maximum Gasteiger partial charge on any atom is 0.308 e. The fourth-order valence-electron chi connectivity index (χ4n) is 3.24. The molecule has 2 aromatic carbocycles. The largest absolute Gasteiger partial charge is 0.481 e. The van der Waals surface area contributed by atoms with Gasteiger partial charge in [0.2, 0.25) is 0 Å². The zero-order valence-corrected chi connectivity index (χ0v) is 11.8. The Hall–Kier alpha value is -2.54. The summed E-state index contributed by atoms with van der Waals surface area (Å²) in [6.07, 6.45) is 0.658. The maximum atomic E-state index is 11.3. The number of benzene rings is 2. The minimum absolute atomic E-state index is 0.0427. The molecular weight excluding hydrogens is 264 g/mol. The molecule has 1 heterocycles. The van der Waals surface area contributed by atoms with E-state index in [0.717, 1.165) is 23.0 Å². The second kappa shape index (κ2) is 5.10. The molecule has 0 bridgehead atoms. The molecule has 3 rings (SSSR count). The van der Waals surface area contributed by atoms with Crippen LogP contribution in [0.15, 0.2) is 36.4 Å². The van der Waals surface area contributed by atoms with E-state index >= 15 is 0 Å². The summed E-state index contributed by atoms with van der Waals surface area (Å²) in [7, 11) is 0. The van der Waals surface area contributed by atoms with Crippen LogP contribution in [0.3, 0.4) is 0 Å². The minimum atomic E-state index is -0.733. The van der Waals surface area contributed by atoms with Crippen LogP contribution in [0.4, 0.5) is 5.69 Å². The molecule has 2 unspecified atom stereocenters. The van der Waals surface area contributed by atoms with Crippen molar-refractivity contribution in [3.63, 3.8) is 0 Å². The Morgan fingerprint density at radius 3 is 2.62 bits per heavy atom. The molecule has 4 nitrogen and oxygen atoms in total. The summed E-state index contributed by atoms with van der Waals surface area (Å²) in [6.45, 7) is 2.69. The third-order valence-electron chi connectivity index (χ3n) is 4.40. The third kappa shape index (κ3) is 2.11. The Labute approximate surface area is 123 Å². The van der Waals surface area contributed by atoms with E-state index in [9.17, 15) is 15.2 Å². The molecule has 2 aromatic rings. The van der Waals surface area contributed by atoms with Crippen molar-refractivity contribution in [3.05, 3.63) is 42.0 Å². The van der Waals surface area contributed by atoms with Gasteiger partial charge in [-0.15, -0.1) is 0 Å².